The lowest BCUT2D eigenvalue weighted by Gasteiger charge is -2.37. The van der Waals surface area contributed by atoms with Gasteiger partial charge >= 0.3 is 0 Å². The van der Waals surface area contributed by atoms with Gasteiger partial charge in [-0.3, -0.25) is 0 Å². The Labute approximate surface area is 111 Å². The van der Waals surface area contributed by atoms with E-state index in [0.717, 1.165) is 43.4 Å². The molecule has 0 spiro atoms. The molecular formula is C16H28F2. The molecule has 0 heterocycles. The molecule has 0 radical (unpaired) electrons. The van der Waals surface area contributed by atoms with Crippen LogP contribution in [-0.4, -0.2) is 6.43 Å². The fourth-order valence-corrected chi connectivity index (χ4v) is 4.22. The zero-order chi connectivity index (χ0) is 13.0. The maximum atomic E-state index is 12.6. The van der Waals surface area contributed by atoms with Gasteiger partial charge in [0.2, 0.25) is 6.43 Å². The predicted octanol–water partition coefficient (Wildman–Crippen LogP) is 5.66. The Bertz CT molecular complexity index is 223. The summed E-state index contributed by atoms with van der Waals surface area (Å²) in [5, 5.41) is 0. The van der Waals surface area contributed by atoms with Crippen molar-refractivity contribution in [2.24, 2.45) is 23.7 Å². The molecule has 2 heteroatoms. The van der Waals surface area contributed by atoms with E-state index in [-0.39, 0.29) is 5.92 Å². The monoisotopic (exact) mass is 258 g/mol. The molecule has 106 valence electrons. The first-order valence-electron chi connectivity index (χ1n) is 7.98. The van der Waals surface area contributed by atoms with Crippen molar-refractivity contribution < 1.29 is 8.78 Å². The number of halogens is 2. The third kappa shape index (κ3) is 3.68. The molecular weight excluding hydrogens is 230 g/mol. The smallest absolute Gasteiger partial charge is 0.210 e. The lowest BCUT2D eigenvalue weighted by atomic mass is 9.69. The van der Waals surface area contributed by atoms with Crippen LogP contribution < -0.4 is 0 Å². The minimum atomic E-state index is -2.08. The van der Waals surface area contributed by atoms with E-state index in [4.69, 9.17) is 0 Å². The summed E-state index contributed by atoms with van der Waals surface area (Å²) in [6, 6.07) is 0. The number of hydrogen-bond acceptors (Lipinski definition) is 0. The number of rotatable bonds is 4. The Kier molecular flexibility index (Phi) is 5.44. The molecule has 2 rings (SSSR count). The SMILES string of the molecule is CCC[C@H]1CC[C@H]([C@H]2CC[C@H](C(F)F)CC2)CC1. The average molecular weight is 258 g/mol. The van der Waals surface area contributed by atoms with Gasteiger partial charge in [0, 0.05) is 5.92 Å². The second-order valence-electron chi connectivity index (χ2n) is 6.58. The summed E-state index contributed by atoms with van der Waals surface area (Å²) in [5.74, 6) is 2.29. The van der Waals surface area contributed by atoms with Crippen LogP contribution in [-0.2, 0) is 0 Å². The zero-order valence-corrected chi connectivity index (χ0v) is 11.7. The molecule has 2 aliphatic carbocycles. The highest BCUT2D eigenvalue weighted by Gasteiger charge is 2.33. The minimum absolute atomic E-state index is 0.294. The third-order valence-corrected chi connectivity index (χ3v) is 5.43. The van der Waals surface area contributed by atoms with Gasteiger partial charge in [0.05, 0.1) is 0 Å². The Morgan fingerprint density at radius 1 is 0.833 bits per heavy atom. The molecule has 0 N–H and O–H groups in total. The molecule has 18 heavy (non-hydrogen) atoms. The molecule has 0 atom stereocenters. The van der Waals surface area contributed by atoms with E-state index in [1.807, 2.05) is 0 Å². The van der Waals surface area contributed by atoms with Crippen molar-refractivity contribution in [3.63, 3.8) is 0 Å². The second-order valence-corrected chi connectivity index (χ2v) is 6.58. The van der Waals surface area contributed by atoms with Crippen LogP contribution in [0, 0.1) is 23.7 Å². The average Bonchev–Trinajstić information content (AvgIpc) is 2.40. The molecule has 0 aromatic rings. The Morgan fingerprint density at radius 2 is 1.33 bits per heavy atom. The predicted molar refractivity (Wildman–Crippen MR) is 71.8 cm³/mol. The van der Waals surface area contributed by atoms with Crippen molar-refractivity contribution in [1.29, 1.82) is 0 Å². The molecule has 0 aromatic carbocycles. The number of hydrogen-bond donors (Lipinski definition) is 0. The molecule has 2 saturated carbocycles. The first kappa shape index (κ1) is 14.3. The Hall–Kier alpha value is -0.140. The molecule has 0 aromatic heterocycles. The van der Waals surface area contributed by atoms with Crippen LogP contribution >= 0.6 is 0 Å². The van der Waals surface area contributed by atoms with Crippen LogP contribution in [0.4, 0.5) is 8.78 Å². The van der Waals surface area contributed by atoms with Crippen molar-refractivity contribution in [3.8, 4) is 0 Å². The van der Waals surface area contributed by atoms with Gasteiger partial charge in [-0.1, -0.05) is 32.6 Å². The van der Waals surface area contributed by atoms with Crippen molar-refractivity contribution in [3.05, 3.63) is 0 Å². The molecule has 2 fully saturated rings. The normalized spacial score (nSPS) is 38.0. The zero-order valence-electron chi connectivity index (χ0n) is 11.7. The fourth-order valence-electron chi connectivity index (χ4n) is 4.22. The van der Waals surface area contributed by atoms with E-state index < -0.39 is 6.43 Å². The van der Waals surface area contributed by atoms with Crippen molar-refractivity contribution >= 4 is 0 Å². The lowest BCUT2D eigenvalue weighted by molar-refractivity contribution is 0.0340. The van der Waals surface area contributed by atoms with Gasteiger partial charge in [0.25, 0.3) is 0 Å². The van der Waals surface area contributed by atoms with Crippen molar-refractivity contribution in [2.45, 2.75) is 77.6 Å². The van der Waals surface area contributed by atoms with Crippen LogP contribution in [0.3, 0.4) is 0 Å². The van der Waals surface area contributed by atoms with Crippen LogP contribution in [0.5, 0.6) is 0 Å². The molecule has 0 amide bonds. The topological polar surface area (TPSA) is 0 Å². The summed E-state index contributed by atoms with van der Waals surface area (Å²) >= 11 is 0. The molecule has 2 aliphatic rings. The van der Waals surface area contributed by atoms with Crippen molar-refractivity contribution in [2.75, 3.05) is 0 Å². The quantitative estimate of drug-likeness (QED) is 0.610. The van der Waals surface area contributed by atoms with Gasteiger partial charge in [-0.25, -0.2) is 8.78 Å². The van der Waals surface area contributed by atoms with Gasteiger partial charge in [0.15, 0.2) is 0 Å². The van der Waals surface area contributed by atoms with Crippen LogP contribution in [0.15, 0.2) is 0 Å². The fraction of sp³-hybridized carbons (Fsp3) is 1.00. The lowest BCUT2D eigenvalue weighted by Crippen LogP contribution is -2.27. The van der Waals surface area contributed by atoms with E-state index in [0.29, 0.717) is 0 Å². The summed E-state index contributed by atoms with van der Waals surface area (Å²) in [5.41, 5.74) is 0. The minimum Gasteiger partial charge on any atom is -0.210 e. The van der Waals surface area contributed by atoms with E-state index in [1.54, 1.807) is 0 Å². The maximum absolute atomic E-state index is 12.6. The second kappa shape index (κ2) is 6.86. The maximum Gasteiger partial charge on any atom is 0.241 e. The Balaban J connectivity index is 1.71. The highest BCUT2D eigenvalue weighted by molar-refractivity contribution is 4.82. The summed E-state index contributed by atoms with van der Waals surface area (Å²) in [6.07, 6.45) is 9.85. The van der Waals surface area contributed by atoms with E-state index in [1.165, 1.54) is 38.5 Å². The van der Waals surface area contributed by atoms with E-state index in [9.17, 15) is 8.78 Å². The number of alkyl halides is 2. The van der Waals surface area contributed by atoms with Crippen molar-refractivity contribution in [1.82, 2.24) is 0 Å². The van der Waals surface area contributed by atoms with Gasteiger partial charge in [-0.05, 0) is 56.3 Å². The first-order chi connectivity index (χ1) is 8.70. The van der Waals surface area contributed by atoms with Gasteiger partial charge < -0.3 is 0 Å². The summed E-state index contributed by atoms with van der Waals surface area (Å²) in [6.45, 7) is 2.28. The molecule has 0 unspecified atom stereocenters. The Morgan fingerprint density at radius 3 is 1.78 bits per heavy atom. The van der Waals surface area contributed by atoms with E-state index >= 15 is 0 Å². The summed E-state index contributed by atoms with van der Waals surface area (Å²) in [7, 11) is 0. The van der Waals surface area contributed by atoms with Gasteiger partial charge in [-0.2, -0.15) is 0 Å². The van der Waals surface area contributed by atoms with Gasteiger partial charge in [-0.15, -0.1) is 0 Å². The van der Waals surface area contributed by atoms with E-state index in [2.05, 4.69) is 6.92 Å². The molecule has 0 bridgehead atoms. The highest BCUT2D eigenvalue weighted by Crippen LogP contribution is 2.43. The molecule has 0 saturated heterocycles. The molecule has 0 aliphatic heterocycles. The van der Waals surface area contributed by atoms with Crippen LogP contribution in [0.25, 0.3) is 0 Å². The standard InChI is InChI=1S/C16H28F2/c1-2-3-12-4-6-13(7-5-12)14-8-10-15(11-9-14)16(17)18/h12-16H,2-11H2,1H3/t12-,13-,14-,15-. The summed E-state index contributed by atoms with van der Waals surface area (Å²) < 4.78 is 25.3. The third-order valence-electron chi connectivity index (χ3n) is 5.43. The van der Waals surface area contributed by atoms with Gasteiger partial charge in [0.1, 0.15) is 0 Å². The summed E-state index contributed by atoms with van der Waals surface area (Å²) in [4.78, 5) is 0. The van der Waals surface area contributed by atoms with Crippen LogP contribution in [0.1, 0.15) is 71.1 Å². The molecule has 0 nitrogen and oxygen atoms in total. The van der Waals surface area contributed by atoms with Crippen LogP contribution in [0.2, 0.25) is 0 Å². The largest absolute Gasteiger partial charge is 0.241 e. The first-order valence-corrected chi connectivity index (χ1v) is 7.98. The highest BCUT2D eigenvalue weighted by atomic mass is 19.3.